The van der Waals surface area contributed by atoms with E-state index in [0.717, 1.165) is 34.3 Å². The number of halogens is 2. The molecule has 2 aliphatic rings. The number of fused-ring (bicyclic) bond motifs is 2. The van der Waals surface area contributed by atoms with E-state index in [2.05, 4.69) is 20.0 Å². The molecule has 0 fully saturated rings. The van der Waals surface area contributed by atoms with Crippen LogP contribution in [0.2, 0.25) is 0 Å². The number of hydrogen-bond donors (Lipinski definition) is 3. The summed E-state index contributed by atoms with van der Waals surface area (Å²) >= 11 is 0. The van der Waals surface area contributed by atoms with E-state index in [9.17, 15) is 17.2 Å². The number of nitrogens with zero attached hydrogens (tertiary/aromatic N) is 3. The standard InChI is InChI=1S/C28H24F2N6O4S/c1-39-28-23(35-41(37,38)26-7-3-18(29)12-21(26)30)10-17(14-32-28)16-2-6-25-24(11-16)36(8-9-40-25)27-20-13-19(31)4-5-22(20)33-15-34-27/h2-7,10-15,28,32,35H,8-9,31H2,1H3. The second-order valence-corrected chi connectivity index (χ2v) is 11.0. The summed E-state index contributed by atoms with van der Waals surface area (Å²) < 4.78 is 67.3. The lowest BCUT2D eigenvalue weighted by atomic mass is 10.0. The molecule has 1 unspecified atom stereocenters. The Morgan fingerprint density at radius 2 is 1.98 bits per heavy atom. The van der Waals surface area contributed by atoms with Crippen LogP contribution in [0.3, 0.4) is 0 Å². The summed E-state index contributed by atoms with van der Waals surface area (Å²) in [5.74, 6) is -0.778. The molecule has 4 aromatic rings. The Balaban J connectivity index is 1.37. The summed E-state index contributed by atoms with van der Waals surface area (Å²) in [7, 11) is -3.01. The maximum absolute atomic E-state index is 14.3. The van der Waals surface area contributed by atoms with Crippen molar-refractivity contribution >= 4 is 43.7 Å². The molecule has 4 N–H and O–H groups in total. The number of sulfonamides is 1. The number of hydrogen-bond acceptors (Lipinski definition) is 9. The van der Waals surface area contributed by atoms with Crippen LogP contribution in [-0.2, 0) is 14.8 Å². The number of anilines is 3. The van der Waals surface area contributed by atoms with Crippen LogP contribution in [0, 0.1) is 11.6 Å². The minimum atomic E-state index is -4.40. The van der Waals surface area contributed by atoms with Crippen molar-refractivity contribution in [3.05, 3.63) is 96.1 Å². The van der Waals surface area contributed by atoms with Crippen LogP contribution in [0.25, 0.3) is 16.5 Å². The van der Waals surface area contributed by atoms with Gasteiger partial charge in [0.1, 0.15) is 41.0 Å². The normalized spacial score (nSPS) is 16.8. The van der Waals surface area contributed by atoms with Gasteiger partial charge in [0.15, 0.2) is 6.23 Å². The molecule has 41 heavy (non-hydrogen) atoms. The first-order chi connectivity index (χ1) is 19.7. The zero-order valence-electron chi connectivity index (χ0n) is 21.6. The third-order valence-corrected chi connectivity index (χ3v) is 8.12. The van der Waals surface area contributed by atoms with E-state index in [1.165, 1.54) is 13.4 Å². The number of methoxy groups -OCH3 is 1. The maximum atomic E-state index is 14.3. The fourth-order valence-electron chi connectivity index (χ4n) is 4.78. The highest BCUT2D eigenvalue weighted by Gasteiger charge is 2.28. The molecular weight excluding hydrogens is 554 g/mol. The Labute approximate surface area is 234 Å². The highest BCUT2D eigenvalue weighted by molar-refractivity contribution is 7.89. The van der Waals surface area contributed by atoms with Gasteiger partial charge >= 0.3 is 0 Å². The highest BCUT2D eigenvalue weighted by Crippen LogP contribution is 2.40. The van der Waals surface area contributed by atoms with E-state index in [4.69, 9.17) is 15.2 Å². The first-order valence-electron chi connectivity index (χ1n) is 12.5. The molecule has 0 radical (unpaired) electrons. The number of nitrogens with two attached hydrogens (primary N) is 1. The van der Waals surface area contributed by atoms with Gasteiger partial charge in [0.2, 0.25) is 0 Å². The average Bonchev–Trinajstić information content (AvgIpc) is 2.96. The molecule has 1 aromatic heterocycles. The zero-order valence-corrected chi connectivity index (χ0v) is 22.5. The van der Waals surface area contributed by atoms with Gasteiger partial charge in [0, 0.05) is 30.4 Å². The molecule has 0 saturated carbocycles. The van der Waals surface area contributed by atoms with Crippen molar-refractivity contribution in [1.29, 1.82) is 0 Å². The van der Waals surface area contributed by atoms with Crippen molar-refractivity contribution in [3.8, 4) is 5.75 Å². The van der Waals surface area contributed by atoms with Gasteiger partial charge in [0.05, 0.1) is 23.4 Å². The van der Waals surface area contributed by atoms with Crippen LogP contribution in [0.1, 0.15) is 5.56 Å². The van der Waals surface area contributed by atoms with Gasteiger partial charge in [-0.3, -0.25) is 4.72 Å². The number of benzene rings is 3. The molecule has 0 aliphatic carbocycles. The van der Waals surface area contributed by atoms with Crippen LogP contribution in [0.4, 0.5) is 26.0 Å². The number of ether oxygens (including phenoxy) is 2. The Morgan fingerprint density at radius 3 is 2.78 bits per heavy atom. The number of nitrogens with one attached hydrogen (secondary N) is 2. The lowest BCUT2D eigenvalue weighted by molar-refractivity contribution is 0.111. The second-order valence-electron chi connectivity index (χ2n) is 9.32. The molecule has 210 valence electrons. The van der Waals surface area contributed by atoms with Crippen LogP contribution in [0.15, 0.2) is 83.8 Å². The minimum absolute atomic E-state index is 0.108. The summed E-state index contributed by atoms with van der Waals surface area (Å²) in [6.07, 6.45) is 3.89. The topological polar surface area (TPSA) is 132 Å². The monoisotopic (exact) mass is 578 g/mol. The van der Waals surface area contributed by atoms with Gasteiger partial charge in [0.25, 0.3) is 10.0 Å². The number of dihydropyridines is 1. The SMILES string of the molecule is COC1NC=C(c2ccc3c(c2)N(c2ncnc4ccc(N)cc24)CCO3)C=C1NS(=O)(=O)c1ccc(F)cc1F. The van der Waals surface area contributed by atoms with E-state index < -0.39 is 32.8 Å². The van der Waals surface area contributed by atoms with Gasteiger partial charge in [-0.1, -0.05) is 6.07 Å². The lowest BCUT2D eigenvalue weighted by Gasteiger charge is -2.32. The van der Waals surface area contributed by atoms with E-state index in [1.807, 2.05) is 35.2 Å². The molecule has 13 heteroatoms. The summed E-state index contributed by atoms with van der Waals surface area (Å²) in [4.78, 5) is 10.2. The predicted molar refractivity (Wildman–Crippen MR) is 150 cm³/mol. The number of aromatic nitrogens is 2. The third kappa shape index (κ3) is 5.00. The fraction of sp³-hybridized carbons (Fsp3) is 0.143. The van der Waals surface area contributed by atoms with Gasteiger partial charge in [-0.05, 0) is 59.7 Å². The van der Waals surface area contributed by atoms with Crippen molar-refractivity contribution in [2.45, 2.75) is 11.1 Å². The number of allylic oxidation sites excluding steroid dienone is 2. The fourth-order valence-corrected chi connectivity index (χ4v) is 5.93. The molecule has 2 aliphatic heterocycles. The number of nitrogen functional groups attached to an aromatic ring is 1. The van der Waals surface area contributed by atoms with Gasteiger partial charge in [-0.25, -0.2) is 27.2 Å². The first-order valence-corrected chi connectivity index (χ1v) is 14.0. The van der Waals surface area contributed by atoms with Crippen molar-refractivity contribution in [2.24, 2.45) is 0 Å². The molecule has 0 spiro atoms. The molecule has 3 aromatic carbocycles. The van der Waals surface area contributed by atoms with Gasteiger partial charge < -0.3 is 25.4 Å². The average molecular weight is 579 g/mol. The first kappa shape index (κ1) is 26.5. The lowest BCUT2D eigenvalue weighted by Crippen LogP contribution is -2.40. The maximum Gasteiger partial charge on any atom is 0.264 e. The smallest absolute Gasteiger partial charge is 0.264 e. The summed E-state index contributed by atoms with van der Waals surface area (Å²) in [6, 6.07) is 13.3. The molecule has 0 saturated heterocycles. The molecule has 0 bridgehead atoms. The zero-order chi connectivity index (χ0) is 28.7. The predicted octanol–water partition coefficient (Wildman–Crippen LogP) is 3.80. The number of rotatable bonds is 6. The molecule has 0 amide bonds. The van der Waals surface area contributed by atoms with Crippen molar-refractivity contribution in [2.75, 3.05) is 30.9 Å². The van der Waals surface area contributed by atoms with E-state index >= 15 is 0 Å². The Kier molecular flexibility index (Phi) is 6.67. The summed E-state index contributed by atoms with van der Waals surface area (Å²) in [6.45, 7) is 0.955. The summed E-state index contributed by atoms with van der Waals surface area (Å²) in [5, 5.41) is 3.79. The largest absolute Gasteiger partial charge is 0.490 e. The minimum Gasteiger partial charge on any atom is -0.490 e. The quantitative estimate of drug-likeness (QED) is 0.292. The van der Waals surface area contributed by atoms with Crippen LogP contribution >= 0.6 is 0 Å². The Bertz CT molecular complexity index is 1850. The third-order valence-electron chi connectivity index (χ3n) is 6.70. The van der Waals surface area contributed by atoms with Crippen molar-refractivity contribution in [1.82, 2.24) is 20.0 Å². The molecule has 3 heterocycles. The second kappa shape index (κ2) is 10.3. The van der Waals surface area contributed by atoms with E-state index in [0.29, 0.717) is 42.0 Å². The Morgan fingerprint density at radius 1 is 1.12 bits per heavy atom. The van der Waals surface area contributed by atoms with Gasteiger partial charge in [-0.15, -0.1) is 0 Å². The molecular formula is C28H24F2N6O4S. The molecule has 1 atom stereocenters. The van der Waals surface area contributed by atoms with Crippen molar-refractivity contribution in [3.63, 3.8) is 0 Å². The van der Waals surface area contributed by atoms with Crippen molar-refractivity contribution < 1.29 is 26.7 Å². The van der Waals surface area contributed by atoms with Gasteiger partial charge in [-0.2, -0.15) is 0 Å². The van der Waals surface area contributed by atoms with Crippen LogP contribution < -0.4 is 25.4 Å². The van der Waals surface area contributed by atoms with Crippen LogP contribution in [0.5, 0.6) is 5.75 Å². The summed E-state index contributed by atoms with van der Waals surface area (Å²) in [5.41, 5.74) is 9.58. The Hall–Kier alpha value is -4.75. The van der Waals surface area contributed by atoms with Crippen LogP contribution in [-0.4, -0.2) is 44.9 Å². The van der Waals surface area contributed by atoms with E-state index in [1.54, 1.807) is 18.3 Å². The van der Waals surface area contributed by atoms with E-state index in [-0.39, 0.29) is 5.70 Å². The molecule has 10 nitrogen and oxygen atoms in total. The highest BCUT2D eigenvalue weighted by atomic mass is 32.2. The molecule has 6 rings (SSSR count).